The summed E-state index contributed by atoms with van der Waals surface area (Å²) in [4.78, 5) is 46.4. The molecule has 0 aliphatic carbocycles. The second kappa shape index (κ2) is 8.30. The van der Waals surface area contributed by atoms with E-state index in [2.05, 4.69) is 10.6 Å². The van der Waals surface area contributed by atoms with E-state index in [9.17, 15) is 24.5 Å². The molecule has 1 heterocycles. The summed E-state index contributed by atoms with van der Waals surface area (Å²) in [5.74, 6) is -1.47. The molecule has 0 saturated heterocycles. The van der Waals surface area contributed by atoms with Gasteiger partial charge in [-0.1, -0.05) is 6.07 Å². The molecule has 1 atom stereocenters. The van der Waals surface area contributed by atoms with Gasteiger partial charge in [0, 0.05) is 11.6 Å². The molecule has 0 aromatic heterocycles. The second-order valence-corrected chi connectivity index (χ2v) is 5.77. The lowest BCUT2D eigenvalue weighted by molar-refractivity contribution is -0.385. The van der Waals surface area contributed by atoms with Crippen LogP contribution < -0.4 is 10.6 Å². The smallest absolute Gasteiger partial charge is 0.338 e. The van der Waals surface area contributed by atoms with Crippen molar-refractivity contribution in [2.24, 2.45) is 0 Å². The van der Waals surface area contributed by atoms with Gasteiger partial charge in [0.2, 0.25) is 0 Å². The topological polar surface area (TPSA) is 137 Å². The molecular formula is C17H19N3O7. The number of nitrogens with zero attached hydrogens (tertiary/aromatic N) is 1. The highest BCUT2D eigenvalue weighted by molar-refractivity contribution is 5.95. The van der Waals surface area contributed by atoms with E-state index >= 15 is 0 Å². The van der Waals surface area contributed by atoms with Crippen molar-refractivity contribution in [1.82, 2.24) is 10.6 Å². The fourth-order valence-corrected chi connectivity index (χ4v) is 2.55. The number of nitro benzene ring substituents is 1. The Morgan fingerprint density at radius 2 is 1.96 bits per heavy atom. The van der Waals surface area contributed by atoms with Crippen LogP contribution in [0.15, 0.2) is 29.5 Å². The lowest BCUT2D eigenvalue weighted by Gasteiger charge is -2.26. The zero-order valence-electron chi connectivity index (χ0n) is 15.0. The molecule has 1 aliphatic rings. The third-order valence-electron chi connectivity index (χ3n) is 3.85. The van der Waals surface area contributed by atoms with Crippen molar-refractivity contribution in [3.63, 3.8) is 0 Å². The number of nitrogens with one attached hydrogen (secondary N) is 2. The van der Waals surface area contributed by atoms with Crippen molar-refractivity contribution in [1.29, 1.82) is 0 Å². The standard InChI is InChI=1S/C17H19N3O7/c1-4-26-16(22)14-10(3)18-17(23)19-12(14)8-27-15(21)11-6-5-9(2)13(7-11)20(24)25/h5-7,10H,4,8H2,1-3H3,(H2,18,19,23)/t10-/m1/s1. The number of urea groups is 1. The van der Waals surface area contributed by atoms with Gasteiger partial charge in [-0.25, -0.2) is 14.4 Å². The van der Waals surface area contributed by atoms with Crippen molar-refractivity contribution in [3.8, 4) is 0 Å². The zero-order valence-corrected chi connectivity index (χ0v) is 15.0. The number of rotatable bonds is 6. The molecule has 1 aromatic carbocycles. The monoisotopic (exact) mass is 377 g/mol. The van der Waals surface area contributed by atoms with E-state index in [1.807, 2.05) is 0 Å². The predicted molar refractivity (Wildman–Crippen MR) is 92.9 cm³/mol. The summed E-state index contributed by atoms with van der Waals surface area (Å²) in [6.07, 6.45) is 0. The van der Waals surface area contributed by atoms with Crippen LogP contribution in [-0.4, -0.2) is 42.1 Å². The molecule has 1 aliphatic heterocycles. The Kier molecular flexibility index (Phi) is 6.11. The number of amides is 2. The Balaban J connectivity index is 2.21. The average molecular weight is 377 g/mol. The first-order valence-electron chi connectivity index (χ1n) is 8.14. The zero-order chi connectivity index (χ0) is 20.1. The van der Waals surface area contributed by atoms with Crippen molar-refractivity contribution in [2.75, 3.05) is 13.2 Å². The van der Waals surface area contributed by atoms with E-state index < -0.39 is 35.5 Å². The highest BCUT2D eigenvalue weighted by Gasteiger charge is 2.30. The number of nitro groups is 1. The van der Waals surface area contributed by atoms with Crippen LogP contribution in [0.1, 0.15) is 29.8 Å². The first kappa shape index (κ1) is 19.9. The molecule has 2 N–H and O–H groups in total. The van der Waals surface area contributed by atoms with Gasteiger partial charge < -0.3 is 20.1 Å². The number of benzene rings is 1. The van der Waals surface area contributed by atoms with Gasteiger partial charge in [0.05, 0.1) is 34.4 Å². The minimum absolute atomic E-state index is 0.0149. The largest absolute Gasteiger partial charge is 0.463 e. The Hall–Kier alpha value is -3.43. The van der Waals surface area contributed by atoms with E-state index in [-0.39, 0.29) is 29.1 Å². The minimum Gasteiger partial charge on any atom is -0.463 e. The molecule has 0 saturated carbocycles. The number of hydrogen-bond donors (Lipinski definition) is 2. The first-order chi connectivity index (χ1) is 12.7. The van der Waals surface area contributed by atoms with Gasteiger partial charge in [-0.05, 0) is 26.8 Å². The van der Waals surface area contributed by atoms with Gasteiger partial charge >= 0.3 is 18.0 Å². The average Bonchev–Trinajstić information content (AvgIpc) is 2.59. The summed E-state index contributed by atoms with van der Waals surface area (Å²) >= 11 is 0. The van der Waals surface area contributed by atoms with E-state index in [1.54, 1.807) is 20.8 Å². The fourth-order valence-electron chi connectivity index (χ4n) is 2.55. The summed E-state index contributed by atoms with van der Waals surface area (Å²) in [6.45, 7) is 4.53. The molecule has 0 radical (unpaired) electrons. The summed E-state index contributed by atoms with van der Waals surface area (Å²) in [7, 11) is 0. The number of ether oxygens (including phenoxy) is 2. The van der Waals surface area contributed by atoms with E-state index in [1.165, 1.54) is 12.1 Å². The van der Waals surface area contributed by atoms with Crippen molar-refractivity contribution in [2.45, 2.75) is 26.8 Å². The highest BCUT2D eigenvalue weighted by Crippen LogP contribution is 2.20. The summed E-state index contributed by atoms with van der Waals surface area (Å²) < 4.78 is 10.1. The lowest BCUT2D eigenvalue weighted by Crippen LogP contribution is -2.50. The van der Waals surface area contributed by atoms with Gasteiger partial charge in [-0.2, -0.15) is 0 Å². The summed E-state index contributed by atoms with van der Waals surface area (Å²) in [6, 6.07) is 2.77. The molecule has 10 heteroatoms. The van der Waals surface area contributed by atoms with Crippen molar-refractivity contribution in [3.05, 3.63) is 50.7 Å². The molecule has 27 heavy (non-hydrogen) atoms. The molecule has 0 bridgehead atoms. The van der Waals surface area contributed by atoms with Gasteiger partial charge in [-0.3, -0.25) is 10.1 Å². The lowest BCUT2D eigenvalue weighted by atomic mass is 10.0. The third kappa shape index (κ3) is 4.60. The van der Waals surface area contributed by atoms with Crippen LogP contribution in [0, 0.1) is 17.0 Å². The predicted octanol–water partition coefficient (Wildman–Crippen LogP) is 1.58. The molecule has 144 valence electrons. The van der Waals surface area contributed by atoms with Gasteiger partial charge in [-0.15, -0.1) is 0 Å². The maximum atomic E-state index is 12.2. The van der Waals surface area contributed by atoms with Crippen LogP contribution in [0.25, 0.3) is 0 Å². The summed E-state index contributed by atoms with van der Waals surface area (Å²) in [5.41, 5.74) is 0.417. The molecule has 0 spiro atoms. The van der Waals surface area contributed by atoms with Crippen LogP contribution in [0.2, 0.25) is 0 Å². The number of carbonyl (C=O) groups is 3. The van der Waals surface area contributed by atoms with E-state index in [0.717, 1.165) is 6.07 Å². The first-order valence-corrected chi connectivity index (χ1v) is 8.14. The molecule has 2 amide bonds. The fraction of sp³-hybridized carbons (Fsp3) is 0.353. The van der Waals surface area contributed by atoms with Crippen molar-refractivity contribution < 1.29 is 28.8 Å². The van der Waals surface area contributed by atoms with E-state index in [4.69, 9.17) is 9.47 Å². The highest BCUT2D eigenvalue weighted by atomic mass is 16.6. The number of hydrogen-bond acceptors (Lipinski definition) is 7. The molecule has 1 aromatic rings. The second-order valence-electron chi connectivity index (χ2n) is 5.77. The maximum absolute atomic E-state index is 12.2. The quantitative estimate of drug-likeness (QED) is 0.436. The van der Waals surface area contributed by atoms with Crippen LogP contribution >= 0.6 is 0 Å². The Morgan fingerprint density at radius 1 is 1.26 bits per heavy atom. The number of esters is 2. The van der Waals surface area contributed by atoms with Crippen LogP contribution in [0.5, 0.6) is 0 Å². The Morgan fingerprint density at radius 3 is 2.59 bits per heavy atom. The summed E-state index contributed by atoms with van der Waals surface area (Å²) in [5, 5.41) is 15.9. The minimum atomic E-state index is -0.825. The van der Waals surface area contributed by atoms with Crippen LogP contribution in [0.4, 0.5) is 10.5 Å². The molecule has 2 rings (SSSR count). The third-order valence-corrected chi connectivity index (χ3v) is 3.85. The molecule has 0 unspecified atom stereocenters. The maximum Gasteiger partial charge on any atom is 0.338 e. The van der Waals surface area contributed by atoms with Crippen molar-refractivity contribution >= 4 is 23.7 Å². The van der Waals surface area contributed by atoms with Gasteiger partial charge in [0.25, 0.3) is 5.69 Å². The molecular weight excluding hydrogens is 358 g/mol. The van der Waals surface area contributed by atoms with E-state index in [0.29, 0.717) is 5.56 Å². The number of aryl methyl sites for hydroxylation is 1. The number of carbonyl (C=O) groups excluding carboxylic acids is 3. The van der Waals surface area contributed by atoms with Crippen LogP contribution in [-0.2, 0) is 14.3 Å². The molecule has 10 nitrogen and oxygen atoms in total. The van der Waals surface area contributed by atoms with Gasteiger partial charge in [0.15, 0.2) is 0 Å². The van der Waals surface area contributed by atoms with Crippen LogP contribution in [0.3, 0.4) is 0 Å². The Labute approximate surface area is 154 Å². The van der Waals surface area contributed by atoms with Gasteiger partial charge in [0.1, 0.15) is 6.61 Å². The SMILES string of the molecule is CCOC(=O)C1=C(COC(=O)c2ccc(C)c([N+](=O)[O-])c2)NC(=O)N[C@@H]1C. The Bertz CT molecular complexity index is 832. The molecule has 0 fully saturated rings. The normalized spacial score (nSPS) is 16.3.